The standard InChI is InChI=1S/2C10H21.Al.H/c2*1-3-5-7-9-10-8-6-4-2;;/h2*1,3-10H2,2H3;;. The molecule has 0 saturated heterocycles. The first kappa shape index (κ1) is 21.5. The summed E-state index contributed by atoms with van der Waals surface area (Å²) in [6, 6.07) is 0. The van der Waals surface area contributed by atoms with Crippen LogP contribution in [0.2, 0.25) is 10.6 Å². The van der Waals surface area contributed by atoms with Crippen molar-refractivity contribution >= 4 is 15.2 Å². The third-order valence-electron chi connectivity index (χ3n) is 4.71. The summed E-state index contributed by atoms with van der Waals surface area (Å²) in [6.45, 7) is 4.61. The second-order valence-electron chi connectivity index (χ2n) is 7.01. The summed E-state index contributed by atoms with van der Waals surface area (Å²) >= 11 is 0.316. The maximum absolute atomic E-state index is 2.30. The number of rotatable bonds is 18. The van der Waals surface area contributed by atoms with Crippen LogP contribution in [0.5, 0.6) is 0 Å². The van der Waals surface area contributed by atoms with Gasteiger partial charge in [-0.05, 0) is 0 Å². The van der Waals surface area contributed by atoms with Gasteiger partial charge in [0.25, 0.3) is 0 Å². The fraction of sp³-hybridized carbons (Fsp3) is 1.00. The van der Waals surface area contributed by atoms with E-state index in [4.69, 9.17) is 0 Å². The summed E-state index contributed by atoms with van der Waals surface area (Å²) in [6.07, 6.45) is 23.8. The molecule has 21 heavy (non-hydrogen) atoms. The Hall–Kier alpha value is 0.532. The third kappa shape index (κ3) is 20.5. The molecule has 0 aromatic carbocycles. The highest BCUT2D eigenvalue weighted by atomic mass is 27.1. The Kier molecular flexibility index (Phi) is 21.1. The fourth-order valence-corrected chi connectivity index (χ4v) is 4.92. The molecular weight excluding hydrogens is 267 g/mol. The zero-order valence-corrected chi connectivity index (χ0v) is 16.8. The molecule has 0 nitrogen and oxygen atoms in total. The molecule has 0 unspecified atom stereocenters. The molecule has 0 aromatic heterocycles. The number of hydrogen-bond acceptors (Lipinski definition) is 0. The van der Waals surface area contributed by atoms with Crippen molar-refractivity contribution in [1.29, 1.82) is 0 Å². The molecule has 0 aromatic rings. The van der Waals surface area contributed by atoms with Gasteiger partial charge in [-0.25, -0.2) is 0 Å². The van der Waals surface area contributed by atoms with Gasteiger partial charge in [-0.2, -0.15) is 0 Å². The van der Waals surface area contributed by atoms with Crippen molar-refractivity contribution in [3.8, 4) is 0 Å². The van der Waals surface area contributed by atoms with Gasteiger partial charge in [0.1, 0.15) is 0 Å². The molecule has 0 N–H and O–H groups in total. The second kappa shape index (κ2) is 20.5. The van der Waals surface area contributed by atoms with Crippen molar-refractivity contribution in [2.45, 2.75) is 127 Å². The van der Waals surface area contributed by atoms with Gasteiger partial charge in [0, 0.05) is 0 Å². The smallest absolute Gasteiger partial charge is 0.0972 e. The van der Waals surface area contributed by atoms with Gasteiger partial charge in [0.05, 0.1) is 0 Å². The number of hydrogen-bond donors (Lipinski definition) is 0. The maximum Gasteiger partial charge on any atom is 0.236 e. The van der Waals surface area contributed by atoms with Crippen LogP contribution in [0.15, 0.2) is 0 Å². The lowest BCUT2D eigenvalue weighted by atomic mass is 10.1. The minimum atomic E-state index is 0.316. The molecular formula is C20H43Al. The monoisotopic (exact) mass is 310 g/mol. The molecule has 0 saturated carbocycles. The van der Waals surface area contributed by atoms with Crippen LogP contribution < -0.4 is 0 Å². The van der Waals surface area contributed by atoms with Gasteiger partial charge in [0.15, 0.2) is 0 Å². The molecule has 0 fully saturated rings. The first-order valence-corrected chi connectivity index (χ1v) is 12.4. The molecule has 0 amide bonds. The molecule has 1 heteroatoms. The highest BCUT2D eigenvalue weighted by Gasteiger charge is 1.96. The van der Waals surface area contributed by atoms with E-state index in [1.165, 1.54) is 89.9 Å². The first-order valence-electron chi connectivity index (χ1n) is 10.4. The summed E-state index contributed by atoms with van der Waals surface area (Å²) in [5, 5.41) is 3.26. The van der Waals surface area contributed by atoms with Crippen molar-refractivity contribution < 1.29 is 0 Å². The van der Waals surface area contributed by atoms with E-state index < -0.39 is 0 Å². The van der Waals surface area contributed by atoms with E-state index in [2.05, 4.69) is 13.8 Å². The quantitative estimate of drug-likeness (QED) is 0.181. The average Bonchev–Trinajstić information content (AvgIpc) is 2.50. The second-order valence-corrected chi connectivity index (χ2v) is 9.13. The Morgan fingerprint density at radius 2 is 0.667 bits per heavy atom. The molecule has 0 heterocycles. The van der Waals surface area contributed by atoms with Crippen LogP contribution in [0.1, 0.15) is 117 Å². The van der Waals surface area contributed by atoms with E-state index >= 15 is 0 Å². The summed E-state index contributed by atoms with van der Waals surface area (Å²) < 4.78 is 0. The Morgan fingerprint density at radius 1 is 0.381 bits per heavy atom. The van der Waals surface area contributed by atoms with Crippen LogP contribution in [-0.2, 0) is 0 Å². The molecule has 0 bridgehead atoms. The van der Waals surface area contributed by atoms with Gasteiger partial charge in [-0.15, -0.1) is 0 Å². The predicted octanol–water partition coefficient (Wildman–Crippen LogP) is 7.54. The zero-order valence-electron chi connectivity index (χ0n) is 15.4. The molecule has 0 spiro atoms. The normalized spacial score (nSPS) is 11.0. The van der Waals surface area contributed by atoms with Gasteiger partial charge >= 0.3 is 0 Å². The van der Waals surface area contributed by atoms with E-state index in [1.807, 2.05) is 0 Å². The minimum absolute atomic E-state index is 0.316. The molecule has 126 valence electrons. The van der Waals surface area contributed by atoms with E-state index in [1.54, 1.807) is 23.4 Å². The number of unbranched alkanes of at least 4 members (excludes halogenated alkanes) is 14. The SMILES string of the molecule is CCCCCCCCC[CH2][AlH][CH2]CCCCCCCCC. The van der Waals surface area contributed by atoms with Crippen molar-refractivity contribution in [3.63, 3.8) is 0 Å². The Labute approximate surface area is 142 Å². The fourth-order valence-electron chi connectivity index (χ4n) is 3.15. The molecule has 0 aliphatic carbocycles. The lowest BCUT2D eigenvalue weighted by Gasteiger charge is -2.02. The maximum atomic E-state index is 2.30. The molecule has 0 aliphatic heterocycles. The first-order chi connectivity index (χ1) is 10.4. The van der Waals surface area contributed by atoms with Crippen LogP contribution in [0.25, 0.3) is 0 Å². The van der Waals surface area contributed by atoms with Gasteiger partial charge < -0.3 is 0 Å². The average molecular weight is 311 g/mol. The predicted molar refractivity (Wildman–Crippen MR) is 102 cm³/mol. The van der Waals surface area contributed by atoms with Gasteiger partial charge in [-0.1, -0.05) is 127 Å². The third-order valence-corrected chi connectivity index (χ3v) is 6.71. The lowest BCUT2D eigenvalue weighted by molar-refractivity contribution is 0.582. The minimum Gasteiger partial charge on any atom is -0.0972 e. The van der Waals surface area contributed by atoms with Gasteiger partial charge in [-0.3, -0.25) is 0 Å². The topological polar surface area (TPSA) is 0 Å². The van der Waals surface area contributed by atoms with E-state index in [0.29, 0.717) is 15.2 Å². The van der Waals surface area contributed by atoms with Crippen molar-refractivity contribution in [2.24, 2.45) is 0 Å². The van der Waals surface area contributed by atoms with E-state index in [0.717, 1.165) is 0 Å². The summed E-state index contributed by atoms with van der Waals surface area (Å²) in [5.74, 6) is 0. The van der Waals surface area contributed by atoms with Crippen LogP contribution in [0, 0.1) is 0 Å². The Balaban J connectivity index is 2.90. The zero-order chi connectivity index (χ0) is 15.4. The Bertz CT molecular complexity index is 149. The van der Waals surface area contributed by atoms with E-state index in [-0.39, 0.29) is 0 Å². The molecule has 0 aliphatic rings. The molecule has 0 radical (unpaired) electrons. The van der Waals surface area contributed by atoms with Crippen LogP contribution in [0.3, 0.4) is 0 Å². The highest BCUT2D eigenvalue weighted by Crippen LogP contribution is 2.12. The Morgan fingerprint density at radius 3 is 1.00 bits per heavy atom. The summed E-state index contributed by atoms with van der Waals surface area (Å²) in [4.78, 5) is 0. The van der Waals surface area contributed by atoms with E-state index in [9.17, 15) is 0 Å². The summed E-state index contributed by atoms with van der Waals surface area (Å²) in [7, 11) is 0. The largest absolute Gasteiger partial charge is 0.236 e. The van der Waals surface area contributed by atoms with Crippen molar-refractivity contribution in [3.05, 3.63) is 0 Å². The van der Waals surface area contributed by atoms with Crippen molar-refractivity contribution in [2.75, 3.05) is 0 Å². The highest BCUT2D eigenvalue weighted by molar-refractivity contribution is 6.35. The molecule has 0 rings (SSSR count). The van der Waals surface area contributed by atoms with Gasteiger partial charge in [0.2, 0.25) is 15.2 Å². The van der Waals surface area contributed by atoms with Crippen LogP contribution >= 0.6 is 0 Å². The lowest BCUT2D eigenvalue weighted by Crippen LogP contribution is -1.90. The summed E-state index contributed by atoms with van der Waals surface area (Å²) in [5.41, 5.74) is 0. The van der Waals surface area contributed by atoms with Crippen molar-refractivity contribution in [1.82, 2.24) is 0 Å². The van der Waals surface area contributed by atoms with Crippen LogP contribution in [-0.4, -0.2) is 15.2 Å². The molecule has 0 atom stereocenters. The van der Waals surface area contributed by atoms with Crippen LogP contribution in [0.4, 0.5) is 0 Å².